The van der Waals surface area contributed by atoms with Crippen LogP contribution in [-0.2, 0) is 14.6 Å². The SMILES string of the molecule is COc1ccc(-c2ccc(S(=O)(=O)C(N)(CC(O)COc3ccccn3)C(=O)O)cc2)cc1. The first-order valence-corrected chi connectivity index (χ1v) is 11.4. The first-order valence-electron chi connectivity index (χ1n) is 9.90. The molecule has 0 aliphatic heterocycles. The van der Waals surface area contributed by atoms with Crippen LogP contribution in [0.15, 0.2) is 77.8 Å². The Balaban J connectivity index is 1.79. The van der Waals surface area contributed by atoms with E-state index in [4.69, 9.17) is 15.2 Å². The number of pyridine rings is 1. The van der Waals surface area contributed by atoms with Crippen molar-refractivity contribution < 1.29 is 32.9 Å². The van der Waals surface area contributed by atoms with Crippen molar-refractivity contribution in [2.24, 2.45) is 5.73 Å². The zero-order valence-electron chi connectivity index (χ0n) is 17.8. The molecule has 0 bridgehead atoms. The highest BCUT2D eigenvalue weighted by Crippen LogP contribution is 2.29. The van der Waals surface area contributed by atoms with E-state index in [2.05, 4.69) is 4.98 Å². The second-order valence-electron chi connectivity index (χ2n) is 7.29. The number of carbonyl (C=O) groups is 1. The summed E-state index contributed by atoms with van der Waals surface area (Å²) in [5, 5.41) is 19.9. The standard InChI is InChI=1S/C23H24N2O7S/c1-31-19-9-5-16(6-10-19)17-7-11-20(12-8-17)33(29,30)23(24,22(27)28)14-18(26)15-32-21-4-2-3-13-25-21/h2-13,18,26H,14-15,24H2,1H3,(H,27,28). The summed E-state index contributed by atoms with van der Waals surface area (Å²) in [5.74, 6) is -0.900. The summed E-state index contributed by atoms with van der Waals surface area (Å²) in [7, 11) is -3.01. The van der Waals surface area contributed by atoms with Gasteiger partial charge >= 0.3 is 5.97 Å². The van der Waals surface area contributed by atoms with Crippen molar-refractivity contribution in [3.63, 3.8) is 0 Å². The minimum absolute atomic E-state index is 0.200. The highest BCUT2D eigenvalue weighted by atomic mass is 32.2. The van der Waals surface area contributed by atoms with Crippen molar-refractivity contribution in [2.45, 2.75) is 22.3 Å². The summed E-state index contributed by atoms with van der Waals surface area (Å²) in [6, 6.07) is 17.7. The maximum Gasteiger partial charge on any atom is 0.340 e. The number of aliphatic hydroxyl groups excluding tert-OH is 1. The molecule has 2 aromatic carbocycles. The molecule has 0 saturated heterocycles. The molecule has 10 heteroatoms. The van der Waals surface area contributed by atoms with Crippen LogP contribution in [0.4, 0.5) is 0 Å². The molecule has 2 atom stereocenters. The Morgan fingerprint density at radius 3 is 2.18 bits per heavy atom. The number of methoxy groups -OCH3 is 1. The van der Waals surface area contributed by atoms with E-state index in [1.807, 2.05) is 12.1 Å². The molecule has 1 heterocycles. The molecule has 174 valence electrons. The average Bonchev–Trinajstić information content (AvgIpc) is 2.83. The number of carboxylic acid groups (broad SMARTS) is 1. The second kappa shape index (κ2) is 9.99. The lowest BCUT2D eigenvalue weighted by atomic mass is 10.1. The minimum Gasteiger partial charge on any atom is -0.497 e. The van der Waals surface area contributed by atoms with Gasteiger partial charge in [-0.15, -0.1) is 0 Å². The molecule has 9 nitrogen and oxygen atoms in total. The molecule has 3 aromatic rings. The monoisotopic (exact) mass is 472 g/mol. The van der Waals surface area contributed by atoms with Crippen LogP contribution in [0.5, 0.6) is 11.6 Å². The van der Waals surface area contributed by atoms with Crippen LogP contribution >= 0.6 is 0 Å². The lowest BCUT2D eigenvalue weighted by molar-refractivity contribution is -0.141. The van der Waals surface area contributed by atoms with Crippen molar-refractivity contribution in [3.05, 3.63) is 72.9 Å². The molecule has 0 saturated carbocycles. The van der Waals surface area contributed by atoms with E-state index in [0.717, 1.165) is 11.1 Å². The Morgan fingerprint density at radius 2 is 1.67 bits per heavy atom. The smallest absolute Gasteiger partial charge is 0.340 e. The number of nitrogens with two attached hydrogens (primary N) is 1. The third-order valence-corrected chi connectivity index (χ3v) is 7.22. The maximum absolute atomic E-state index is 13.1. The van der Waals surface area contributed by atoms with Gasteiger partial charge in [0.1, 0.15) is 12.4 Å². The van der Waals surface area contributed by atoms with Crippen LogP contribution in [0.1, 0.15) is 6.42 Å². The highest BCUT2D eigenvalue weighted by Gasteiger charge is 2.49. The Morgan fingerprint density at radius 1 is 1.06 bits per heavy atom. The quantitative estimate of drug-likeness (QED) is 0.403. The van der Waals surface area contributed by atoms with E-state index < -0.39 is 33.2 Å². The Kier molecular flexibility index (Phi) is 7.32. The fourth-order valence-electron chi connectivity index (χ4n) is 3.16. The molecular weight excluding hydrogens is 448 g/mol. The van der Waals surface area contributed by atoms with Crippen LogP contribution in [-0.4, -0.2) is 54.3 Å². The zero-order chi connectivity index (χ0) is 24.1. The van der Waals surface area contributed by atoms with E-state index in [1.54, 1.807) is 49.6 Å². The van der Waals surface area contributed by atoms with Crippen LogP contribution in [0.3, 0.4) is 0 Å². The summed E-state index contributed by atoms with van der Waals surface area (Å²) < 4.78 is 36.7. The molecule has 0 aliphatic carbocycles. The van der Waals surface area contributed by atoms with Crippen molar-refractivity contribution in [2.75, 3.05) is 13.7 Å². The van der Waals surface area contributed by atoms with Gasteiger partial charge in [-0.2, -0.15) is 0 Å². The molecule has 0 amide bonds. The van der Waals surface area contributed by atoms with Gasteiger partial charge in [0.2, 0.25) is 20.6 Å². The lowest BCUT2D eigenvalue weighted by Gasteiger charge is -2.27. The van der Waals surface area contributed by atoms with Gasteiger partial charge in [-0.3, -0.25) is 0 Å². The average molecular weight is 473 g/mol. The second-order valence-corrected chi connectivity index (χ2v) is 9.49. The number of aliphatic carboxylic acids is 1. The van der Waals surface area contributed by atoms with E-state index in [9.17, 15) is 23.4 Å². The van der Waals surface area contributed by atoms with Gasteiger partial charge in [-0.1, -0.05) is 30.3 Å². The maximum atomic E-state index is 13.1. The van der Waals surface area contributed by atoms with Crippen LogP contribution in [0.2, 0.25) is 0 Å². The van der Waals surface area contributed by atoms with Gasteiger partial charge in [0.25, 0.3) is 0 Å². The van der Waals surface area contributed by atoms with Gasteiger partial charge in [0, 0.05) is 18.7 Å². The van der Waals surface area contributed by atoms with Gasteiger partial charge in [0.15, 0.2) is 0 Å². The summed E-state index contributed by atoms with van der Waals surface area (Å²) in [6.45, 7) is -0.380. The van der Waals surface area contributed by atoms with Crippen molar-refractivity contribution in [1.29, 1.82) is 0 Å². The Hall–Kier alpha value is -3.47. The first-order chi connectivity index (χ1) is 15.7. The number of nitrogens with zero attached hydrogens (tertiary/aromatic N) is 1. The fourth-order valence-corrected chi connectivity index (χ4v) is 4.71. The van der Waals surface area contributed by atoms with E-state index in [0.29, 0.717) is 5.75 Å². The summed E-state index contributed by atoms with van der Waals surface area (Å²) in [4.78, 5) is 12.8. The number of aromatic nitrogens is 1. The molecule has 4 N–H and O–H groups in total. The Labute approximate surface area is 191 Å². The lowest BCUT2D eigenvalue weighted by Crippen LogP contribution is -2.57. The Bertz CT molecular complexity index is 1180. The molecule has 0 spiro atoms. The molecule has 1 aromatic heterocycles. The molecule has 33 heavy (non-hydrogen) atoms. The van der Waals surface area contributed by atoms with E-state index in [-0.39, 0.29) is 17.4 Å². The number of rotatable bonds is 10. The molecule has 0 fully saturated rings. The predicted octanol–water partition coefficient (Wildman–Crippen LogP) is 2.10. The van der Waals surface area contributed by atoms with Crippen LogP contribution in [0, 0.1) is 0 Å². The summed E-state index contributed by atoms with van der Waals surface area (Å²) in [6.07, 6.45) is -0.772. The number of hydrogen-bond acceptors (Lipinski definition) is 8. The topological polar surface area (TPSA) is 149 Å². The van der Waals surface area contributed by atoms with Gasteiger partial charge in [0.05, 0.1) is 18.1 Å². The third-order valence-electron chi connectivity index (χ3n) is 5.03. The van der Waals surface area contributed by atoms with E-state index in [1.165, 1.54) is 18.3 Å². The summed E-state index contributed by atoms with van der Waals surface area (Å²) >= 11 is 0. The van der Waals surface area contributed by atoms with Gasteiger partial charge < -0.3 is 25.4 Å². The number of aliphatic hydroxyl groups is 1. The number of hydrogen-bond donors (Lipinski definition) is 3. The third kappa shape index (κ3) is 5.30. The minimum atomic E-state index is -4.56. The molecule has 3 rings (SSSR count). The van der Waals surface area contributed by atoms with Crippen LogP contribution < -0.4 is 15.2 Å². The van der Waals surface area contributed by atoms with Gasteiger partial charge in [-0.05, 0) is 41.5 Å². The number of ether oxygens (including phenoxy) is 2. The van der Waals surface area contributed by atoms with E-state index >= 15 is 0 Å². The highest BCUT2D eigenvalue weighted by molar-refractivity contribution is 7.93. The first kappa shape index (κ1) is 24.2. The normalized spacial score (nSPS) is 14.2. The zero-order valence-corrected chi connectivity index (χ0v) is 18.6. The molecule has 0 radical (unpaired) electrons. The predicted molar refractivity (Wildman–Crippen MR) is 121 cm³/mol. The molecular formula is C23H24N2O7S. The molecule has 0 aliphatic rings. The van der Waals surface area contributed by atoms with Crippen molar-refractivity contribution >= 4 is 15.8 Å². The largest absolute Gasteiger partial charge is 0.497 e. The number of carboxylic acids is 1. The number of sulfone groups is 1. The van der Waals surface area contributed by atoms with Crippen molar-refractivity contribution in [3.8, 4) is 22.8 Å². The van der Waals surface area contributed by atoms with Crippen LogP contribution in [0.25, 0.3) is 11.1 Å². The van der Waals surface area contributed by atoms with Crippen molar-refractivity contribution in [1.82, 2.24) is 4.98 Å². The molecule has 2 unspecified atom stereocenters. The van der Waals surface area contributed by atoms with Gasteiger partial charge in [-0.25, -0.2) is 18.2 Å². The fraction of sp³-hybridized carbons (Fsp3) is 0.217. The summed E-state index contributed by atoms with van der Waals surface area (Å²) in [5.41, 5.74) is 7.41. The number of benzene rings is 2.